The molecule has 0 aromatic heterocycles. The van der Waals surface area contributed by atoms with Crippen molar-refractivity contribution in [1.29, 1.82) is 0 Å². The molecule has 1 heteroatoms. The van der Waals surface area contributed by atoms with E-state index in [2.05, 4.69) is 13.8 Å². The standard InChI is InChI=1S/C8H17N/c1-6-3-4-8(9)5-7(6)2/h6-8H,3-5,9H2,1-2H3/t6-,7-,8-/m0/s1. The average Bonchev–Trinajstić information content (AvgIpc) is 1.80. The predicted molar refractivity (Wildman–Crippen MR) is 40.2 cm³/mol. The van der Waals surface area contributed by atoms with Gasteiger partial charge in [-0.15, -0.1) is 0 Å². The molecule has 9 heavy (non-hydrogen) atoms. The molecule has 0 aromatic carbocycles. The molecule has 1 fully saturated rings. The van der Waals surface area contributed by atoms with Crippen molar-refractivity contribution >= 4 is 0 Å². The first-order chi connectivity index (χ1) is 4.20. The van der Waals surface area contributed by atoms with Gasteiger partial charge in [0.25, 0.3) is 0 Å². The molecule has 54 valence electrons. The third kappa shape index (κ3) is 1.68. The molecule has 1 nitrogen and oxygen atoms in total. The van der Waals surface area contributed by atoms with Crippen LogP contribution in [0.4, 0.5) is 0 Å². The van der Waals surface area contributed by atoms with Gasteiger partial charge >= 0.3 is 0 Å². The van der Waals surface area contributed by atoms with Crippen LogP contribution in [0.1, 0.15) is 33.1 Å². The highest BCUT2D eigenvalue weighted by atomic mass is 14.6. The fourth-order valence-corrected chi connectivity index (χ4v) is 1.59. The van der Waals surface area contributed by atoms with Gasteiger partial charge in [0, 0.05) is 6.04 Å². The van der Waals surface area contributed by atoms with Crippen LogP contribution in [-0.2, 0) is 0 Å². The Bertz CT molecular complexity index is 90.6. The van der Waals surface area contributed by atoms with Crippen LogP contribution >= 0.6 is 0 Å². The summed E-state index contributed by atoms with van der Waals surface area (Å²) < 4.78 is 0. The highest BCUT2D eigenvalue weighted by molar-refractivity contribution is 4.76. The van der Waals surface area contributed by atoms with Crippen molar-refractivity contribution in [1.82, 2.24) is 0 Å². The second-order valence-electron chi connectivity index (χ2n) is 3.53. The molecule has 1 saturated carbocycles. The van der Waals surface area contributed by atoms with E-state index in [1.165, 1.54) is 19.3 Å². The van der Waals surface area contributed by atoms with E-state index in [9.17, 15) is 0 Å². The number of hydrogen-bond acceptors (Lipinski definition) is 1. The maximum Gasteiger partial charge on any atom is 0.00415 e. The summed E-state index contributed by atoms with van der Waals surface area (Å²) in [5.74, 6) is 1.76. The van der Waals surface area contributed by atoms with Gasteiger partial charge in [0.2, 0.25) is 0 Å². The van der Waals surface area contributed by atoms with Gasteiger partial charge in [-0.05, 0) is 31.1 Å². The van der Waals surface area contributed by atoms with E-state index in [4.69, 9.17) is 5.73 Å². The van der Waals surface area contributed by atoms with Crippen molar-refractivity contribution in [2.24, 2.45) is 17.6 Å². The zero-order valence-corrected chi connectivity index (χ0v) is 6.43. The smallest absolute Gasteiger partial charge is 0.00415 e. The minimum atomic E-state index is 0.496. The molecule has 0 aromatic rings. The fourth-order valence-electron chi connectivity index (χ4n) is 1.59. The van der Waals surface area contributed by atoms with Crippen LogP contribution in [-0.4, -0.2) is 6.04 Å². The first-order valence-corrected chi connectivity index (χ1v) is 3.95. The average molecular weight is 127 g/mol. The lowest BCUT2D eigenvalue weighted by Gasteiger charge is -2.29. The lowest BCUT2D eigenvalue weighted by Crippen LogP contribution is -2.30. The van der Waals surface area contributed by atoms with E-state index < -0.39 is 0 Å². The van der Waals surface area contributed by atoms with Gasteiger partial charge in [-0.1, -0.05) is 13.8 Å². The zero-order valence-electron chi connectivity index (χ0n) is 6.43. The molecule has 0 spiro atoms. The molecule has 0 radical (unpaired) electrons. The van der Waals surface area contributed by atoms with Gasteiger partial charge in [-0.25, -0.2) is 0 Å². The quantitative estimate of drug-likeness (QED) is 0.527. The van der Waals surface area contributed by atoms with Gasteiger partial charge in [-0.3, -0.25) is 0 Å². The van der Waals surface area contributed by atoms with Crippen molar-refractivity contribution in [3.63, 3.8) is 0 Å². The third-order valence-corrected chi connectivity index (χ3v) is 2.64. The maximum atomic E-state index is 5.79. The molecule has 3 atom stereocenters. The molecule has 1 rings (SSSR count). The zero-order chi connectivity index (χ0) is 6.85. The molecule has 0 unspecified atom stereocenters. The molecule has 2 N–H and O–H groups in total. The maximum absolute atomic E-state index is 5.79. The summed E-state index contributed by atoms with van der Waals surface area (Å²) >= 11 is 0. The van der Waals surface area contributed by atoms with Gasteiger partial charge in [-0.2, -0.15) is 0 Å². The minimum Gasteiger partial charge on any atom is -0.328 e. The lowest BCUT2D eigenvalue weighted by atomic mass is 9.79. The van der Waals surface area contributed by atoms with Crippen molar-refractivity contribution in [2.75, 3.05) is 0 Å². The van der Waals surface area contributed by atoms with Crippen LogP contribution in [0, 0.1) is 11.8 Å². The van der Waals surface area contributed by atoms with Crippen LogP contribution in [0.25, 0.3) is 0 Å². The minimum absolute atomic E-state index is 0.496. The van der Waals surface area contributed by atoms with Crippen molar-refractivity contribution in [3.05, 3.63) is 0 Å². The fraction of sp³-hybridized carbons (Fsp3) is 1.00. The van der Waals surface area contributed by atoms with E-state index in [0.717, 1.165) is 11.8 Å². The number of rotatable bonds is 0. The molecule has 0 aliphatic heterocycles. The van der Waals surface area contributed by atoms with E-state index in [1.807, 2.05) is 0 Å². The Morgan fingerprint density at radius 3 is 2.22 bits per heavy atom. The van der Waals surface area contributed by atoms with E-state index >= 15 is 0 Å². The van der Waals surface area contributed by atoms with E-state index in [-0.39, 0.29) is 0 Å². The number of hydrogen-bond donors (Lipinski definition) is 1. The summed E-state index contributed by atoms with van der Waals surface area (Å²) in [6.07, 6.45) is 3.81. The Balaban J connectivity index is 2.35. The summed E-state index contributed by atoms with van der Waals surface area (Å²) in [7, 11) is 0. The van der Waals surface area contributed by atoms with Gasteiger partial charge in [0.05, 0.1) is 0 Å². The number of nitrogens with two attached hydrogens (primary N) is 1. The third-order valence-electron chi connectivity index (χ3n) is 2.64. The van der Waals surface area contributed by atoms with Crippen LogP contribution in [0.5, 0.6) is 0 Å². The highest BCUT2D eigenvalue weighted by Crippen LogP contribution is 2.27. The predicted octanol–water partition coefficient (Wildman–Crippen LogP) is 1.77. The summed E-state index contributed by atoms with van der Waals surface area (Å²) in [6.45, 7) is 4.64. The second-order valence-corrected chi connectivity index (χ2v) is 3.53. The summed E-state index contributed by atoms with van der Waals surface area (Å²) in [5, 5.41) is 0. The first kappa shape index (κ1) is 7.07. The summed E-state index contributed by atoms with van der Waals surface area (Å²) in [4.78, 5) is 0. The van der Waals surface area contributed by atoms with Crippen molar-refractivity contribution < 1.29 is 0 Å². The molecule has 0 heterocycles. The topological polar surface area (TPSA) is 26.0 Å². The Kier molecular flexibility index (Phi) is 2.12. The monoisotopic (exact) mass is 127 g/mol. The molecule has 1 aliphatic rings. The Morgan fingerprint density at radius 1 is 1.11 bits per heavy atom. The van der Waals surface area contributed by atoms with Gasteiger partial charge in [0.15, 0.2) is 0 Å². The highest BCUT2D eigenvalue weighted by Gasteiger charge is 2.21. The molecular weight excluding hydrogens is 110 g/mol. The molecule has 0 bridgehead atoms. The van der Waals surface area contributed by atoms with Gasteiger partial charge < -0.3 is 5.73 Å². The Labute approximate surface area is 57.6 Å². The lowest BCUT2D eigenvalue weighted by molar-refractivity contribution is 0.251. The second kappa shape index (κ2) is 2.70. The summed E-state index contributed by atoms with van der Waals surface area (Å²) in [6, 6.07) is 0.496. The van der Waals surface area contributed by atoms with E-state index in [1.54, 1.807) is 0 Å². The van der Waals surface area contributed by atoms with Crippen LogP contribution in [0.3, 0.4) is 0 Å². The van der Waals surface area contributed by atoms with Gasteiger partial charge in [0.1, 0.15) is 0 Å². The molecule has 0 saturated heterocycles. The van der Waals surface area contributed by atoms with Crippen molar-refractivity contribution in [2.45, 2.75) is 39.2 Å². The molecular formula is C8H17N. The van der Waals surface area contributed by atoms with E-state index in [0.29, 0.717) is 6.04 Å². The van der Waals surface area contributed by atoms with Crippen LogP contribution in [0.2, 0.25) is 0 Å². The largest absolute Gasteiger partial charge is 0.328 e. The molecule has 1 aliphatic carbocycles. The SMILES string of the molecule is C[C@H]1CC[C@H](N)C[C@@H]1C. The van der Waals surface area contributed by atoms with Crippen molar-refractivity contribution in [3.8, 4) is 0 Å². The van der Waals surface area contributed by atoms with Crippen LogP contribution in [0.15, 0.2) is 0 Å². The first-order valence-electron chi connectivity index (χ1n) is 3.95. The summed E-state index contributed by atoms with van der Waals surface area (Å²) in [5.41, 5.74) is 5.79. The molecule has 0 amide bonds. The normalized spacial score (nSPS) is 45.0. The Hall–Kier alpha value is -0.0400. The Morgan fingerprint density at radius 2 is 1.78 bits per heavy atom. The van der Waals surface area contributed by atoms with Crippen LogP contribution < -0.4 is 5.73 Å².